The number of sulfonamides is 1. The Kier molecular flexibility index (Phi) is 7.60. The maximum atomic E-state index is 13.9. The first kappa shape index (κ1) is 27.3. The summed E-state index contributed by atoms with van der Waals surface area (Å²) < 4.78 is 45.7. The number of hydrogen-bond acceptors (Lipinski definition) is 6. The molecule has 3 aromatic carbocycles. The molecule has 1 N–H and O–H groups in total. The molecular weight excluding hydrogens is 504 g/mol. The summed E-state index contributed by atoms with van der Waals surface area (Å²) in [6, 6.07) is 18.7. The van der Waals surface area contributed by atoms with Crippen LogP contribution in [-0.4, -0.2) is 41.2 Å². The summed E-state index contributed by atoms with van der Waals surface area (Å²) in [7, 11) is -0.932. The number of rotatable bonds is 7. The zero-order valence-corrected chi connectivity index (χ0v) is 23.3. The van der Waals surface area contributed by atoms with Crippen LogP contribution in [0, 0.1) is 0 Å². The third-order valence-corrected chi connectivity index (χ3v) is 8.39. The van der Waals surface area contributed by atoms with E-state index in [9.17, 15) is 13.2 Å². The van der Waals surface area contributed by atoms with Crippen molar-refractivity contribution in [3.8, 4) is 17.2 Å². The van der Waals surface area contributed by atoms with E-state index in [0.717, 1.165) is 11.1 Å². The summed E-state index contributed by atoms with van der Waals surface area (Å²) in [5, 5.41) is 2.95. The Morgan fingerprint density at radius 1 is 1.03 bits per heavy atom. The van der Waals surface area contributed by atoms with Gasteiger partial charge in [-0.05, 0) is 60.4 Å². The number of hydrogen-bond donors (Lipinski definition) is 1. The lowest BCUT2D eigenvalue weighted by molar-refractivity contribution is -0.128. The largest absolute Gasteiger partial charge is 0.497 e. The summed E-state index contributed by atoms with van der Waals surface area (Å²) in [5.41, 5.74) is 1.93. The lowest BCUT2D eigenvalue weighted by Gasteiger charge is -2.36. The number of para-hydroxylation sites is 1. The number of methoxy groups -OCH3 is 2. The highest BCUT2D eigenvalue weighted by Gasteiger charge is 2.38. The molecule has 0 unspecified atom stereocenters. The van der Waals surface area contributed by atoms with E-state index in [0.29, 0.717) is 22.9 Å². The van der Waals surface area contributed by atoms with Crippen LogP contribution in [0.25, 0.3) is 0 Å². The first-order valence-electron chi connectivity index (χ1n) is 12.4. The Balaban J connectivity index is 1.70. The number of carbonyl (C=O) groups is 1. The second-order valence-electron chi connectivity index (χ2n) is 10.2. The molecule has 2 atom stereocenters. The first-order valence-corrected chi connectivity index (χ1v) is 13.8. The molecule has 202 valence electrons. The highest BCUT2D eigenvalue weighted by molar-refractivity contribution is 7.92. The van der Waals surface area contributed by atoms with E-state index in [4.69, 9.17) is 14.2 Å². The van der Waals surface area contributed by atoms with Crippen LogP contribution in [0.5, 0.6) is 17.2 Å². The van der Waals surface area contributed by atoms with E-state index in [1.807, 2.05) is 43.3 Å². The lowest BCUT2D eigenvalue weighted by atomic mass is 9.86. The molecule has 1 aliphatic rings. The fourth-order valence-electron chi connectivity index (χ4n) is 4.37. The Bertz CT molecular complexity index is 1410. The van der Waals surface area contributed by atoms with E-state index >= 15 is 0 Å². The van der Waals surface area contributed by atoms with Crippen LogP contribution in [0.3, 0.4) is 0 Å². The van der Waals surface area contributed by atoms with E-state index in [-0.39, 0.29) is 16.9 Å². The lowest BCUT2D eigenvalue weighted by Crippen LogP contribution is -2.51. The van der Waals surface area contributed by atoms with Crippen LogP contribution in [0.1, 0.15) is 44.9 Å². The zero-order valence-electron chi connectivity index (χ0n) is 22.5. The number of nitrogens with one attached hydrogen (secondary N) is 1. The minimum atomic E-state index is -4.02. The number of nitrogens with zero attached hydrogens (tertiary/aromatic N) is 1. The van der Waals surface area contributed by atoms with Gasteiger partial charge in [0.25, 0.3) is 15.9 Å². The van der Waals surface area contributed by atoms with Gasteiger partial charge in [0.1, 0.15) is 17.2 Å². The fraction of sp³-hybridized carbons (Fsp3) is 0.345. The average molecular weight is 539 g/mol. The van der Waals surface area contributed by atoms with Crippen molar-refractivity contribution in [3.05, 3.63) is 77.9 Å². The number of fused-ring (bicyclic) bond motifs is 1. The number of carbonyl (C=O) groups excluding carboxylic acids is 1. The quantitative estimate of drug-likeness (QED) is 0.463. The Morgan fingerprint density at radius 3 is 2.34 bits per heavy atom. The third-order valence-electron chi connectivity index (χ3n) is 6.60. The highest BCUT2D eigenvalue weighted by atomic mass is 32.2. The summed E-state index contributed by atoms with van der Waals surface area (Å²) in [5.74, 6) is 1.09. The predicted octanol–water partition coefficient (Wildman–Crippen LogP) is 4.84. The molecular formula is C29H34N2O6S. The summed E-state index contributed by atoms with van der Waals surface area (Å²) in [6.07, 6.45) is -1.06. The molecule has 0 spiro atoms. The maximum absolute atomic E-state index is 13.9. The summed E-state index contributed by atoms with van der Waals surface area (Å²) >= 11 is 0. The van der Waals surface area contributed by atoms with Crippen molar-refractivity contribution in [2.45, 2.75) is 50.2 Å². The minimum Gasteiger partial charge on any atom is -0.497 e. The van der Waals surface area contributed by atoms with Gasteiger partial charge in [0, 0.05) is 5.56 Å². The van der Waals surface area contributed by atoms with Crippen molar-refractivity contribution >= 4 is 21.6 Å². The van der Waals surface area contributed by atoms with Gasteiger partial charge in [-0.2, -0.15) is 0 Å². The molecule has 1 amide bonds. The Labute approximate surface area is 224 Å². The van der Waals surface area contributed by atoms with Crippen LogP contribution in [0.15, 0.2) is 71.6 Å². The van der Waals surface area contributed by atoms with Crippen molar-refractivity contribution in [1.29, 1.82) is 0 Å². The standard InChI is InChI=1S/C29H34N2O6S/c1-19(23-9-7-8-10-25(23)36-6)30-28(32)27-18-31(38(33,34)22-14-12-21(35-5)13-15-22)24-17-20(29(2,3)4)11-16-26(24)37-27/h7-17,19,27H,18H2,1-6H3,(H,30,32)/t19-,27-/m0/s1. The molecule has 4 rings (SSSR count). The van der Waals surface area contributed by atoms with Crippen LogP contribution >= 0.6 is 0 Å². The average Bonchev–Trinajstić information content (AvgIpc) is 2.91. The van der Waals surface area contributed by atoms with Gasteiger partial charge >= 0.3 is 0 Å². The van der Waals surface area contributed by atoms with Gasteiger partial charge in [0.2, 0.25) is 0 Å². The fourth-order valence-corrected chi connectivity index (χ4v) is 5.83. The van der Waals surface area contributed by atoms with Gasteiger partial charge in [-0.25, -0.2) is 8.42 Å². The monoisotopic (exact) mass is 538 g/mol. The highest BCUT2D eigenvalue weighted by Crippen LogP contribution is 2.40. The Hall–Kier alpha value is -3.72. The molecule has 0 aliphatic carbocycles. The molecule has 1 heterocycles. The van der Waals surface area contributed by atoms with Gasteiger partial charge in [-0.3, -0.25) is 9.10 Å². The van der Waals surface area contributed by atoms with Crippen molar-refractivity contribution in [2.24, 2.45) is 0 Å². The number of benzene rings is 3. The zero-order chi connectivity index (χ0) is 27.7. The molecule has 8 nitrogen and oxygen atoms in total. The number of ether oxygens (including phenoxy) is 3. The summed E-state index contributed by atoms with van der Waals surface area (Å²) in [6.45, 7) is 7.82. The van der Waals surface area contributed by atoms with Crippen molar-refractivity contribution in [3.63, 3.8) is 0 Å². The van der Waals surface area contributed by atoms with Crippen LogP contribution in [0.2, 0.25) is 0 Å². The maximum Gasteiger partial charge on any atom is 0.264 e. The molecule has 3 aromatic rings. The topological polar surface area (TPSA) is 94.2 Å². The molecule has 0 saturated carbocycles. The van der Waals surface area contributed by atoms with Gasteiger partial charge in [-0.15, -0.1) is 0 Å². The molecule has 38 heavy (non-hydrogen) atoms. The molecule has 0 saturated heterocycles. The molecule has 1 aliphatic heterocycles. The van der Waals surface area contributed by atoms with Crippen molar-refractivity contribution < 1.29 is 27.4 Å². The second-order valence-corrected chi connectivity index (χ2v) is 12.1. The van der Waals surface area contributed by atoms with Gasteiger partial charge in [-0.1, -0.05) is 45.0 Å². The van der Waals surface area contributed by atoms with E-state index in [2.05, 4.69) is 26.1 Å². The van der Waals surface area contributed by atoms with Crippen molar-refractivity contribution in [2.75, 3.05) is 25.1 Å². The first-order chi connectivity index (χ1) is 18.0. The minimum absolute atomic E-state index is 0.0915. The van der Waals surface area contributed by atoms with Crippen LogP contribution in [0.4, 0.5) is 5.69 Å². The van der Waals surface area contributed by atoms with Crippen molar-refractivity contribution in [1.82, 2.24) is 5.32 Å². The smallest absolute Gasteiger partial charge is 0.264 e. The predicted molar refractivity (Wildman–Crippen MR) is 147 cm³/mol. The molecule has 0 bridgehead atoms. The van der Waals surface area contributed by atoms with Gasteiger partial charge < -0.3 is 19.5 Å². The van der Waals surface area contributed by atoms with E-state index < -0.39 is 28.1 Å². The summed E-state index contributed by atoms with van der Waals surface area (Å²) in [4.78, 5) is 13.5. The third kappa shape index (κ3) is 5.43. The molecule has 0 aromatic heterocycles. The van der Waals surface area contributed by atoms with E-state index in [1.165, 1.54) is 23.5 Å². The Morgan fingerprint density at radius 2 is 1.71 bits per heavy atom. The normalized spacial score (nSPS) is 16.2. The van der Waals surface area contributed by atoms with Gasteiger partial charge in [0.15, 0.2) is 6.10 Å². The van der Waals surface area contributed by atoms with E-state index in [1.54, 1.807) is 25.3 Å². The van der Waals surface area contributed by atoms with Gasteiger partial charge in [0.05, 0.1) is 37.4 Å². The number of amides is 1. The SMILES string of the molecule is COc1ccc(S(=O)(=O)N2C[C@@H](C(=O)N[C@@H](C)c3ccccc3OC)Oc3ccc(C(C)(C)C)cc32)cc1. The van der Waals surface area contributed by atoms with Crippen LogP contribution in [-0.2, 0) is 20.2 Å². The molecule has 0 radical (unpaired) electrons. The van der Waals surface area contributed by atoms with Crippen LogP contribution < -0.4 is 23.8 Å². The molecule has 9 heteroatoms. The molecule has 0 fully saturated rings. The number of anilines is 1. The second kappa shape index (κ2) is 10.6.